The van der Waals surface area contributed by atoms with E-state index in [1.54, 1.807) is 0 Å². The van der Waals surface area contributed by atoms with Gasteiger partial charge in [-0.25, -0.2) is 0 Å². The monoisotopic (exact) mass is 248 g/mol. The smallest absolute Gasteiger partial charge is 0.0446 e. The Morgan fingerprint density at radius 1 is 0.588 bits per heavy atom. The number of hydrogen-bond acceptors (Lipinski definition) is 0. The Kier molecular flexibility index (Phi) is 100. The van der Waals surface area contributed by atoms with Crippen molar-refractivity contribution in [1.29, 1.82) is 0 Å². The second-order valence-corrected chi connectivity index (χ2v) is 3.30. The summed E-state index contributed by atoms with van der Waals surface area (Å²) < 4.78 is 0. The lowest BCUT2D eigenvalue weighted by Gasteiger charge is -2.02. The Labute approximate surface area is 115 Å². The summed E-state index contributed by atoms with van der Waals surface area (Å²) in [5.74, 6) is 0.949. The van der Waals surface area contributed by atoms with Gasteiger partial charge in [-0.05, 0) is 5.92 Å². The van der Waals surface area contributed by atoms with E-state index in [2.05, 4.69) is 34.6 Å². The molecule has 0 heteroatoms. The van der Waals surface area contributed by atoms with Crippen molar-refractivity contribution in [3.63, 3.8) is 0 Å². The van der Waals surface area contributed by atoms with Crippen LogP contribution in [0.25, 0.3) is 0 Å². The van der Waals surface area contributed by atoms with Gasteiger partial charge in [-0.2, -0.15) is 0 Å². The lowest BCUT2D eigenvalue weighted by Crippen LogP contribution is -1.88. The predicted molar refractivity (Wildman–Crippen MR) is 89.0 cm³/mol. The Bertz CT molecular complexity index is 46.0. The maximum absolute atomic E-state index is 2.31. The first kappa shape index (κ1) is 30.2. The van der Waals surface area contributed by atoms with Crippen molar-refractivity contribution in [2.75, 3.05) is 0 Å². The summed E-state index contributed by atoms with van der Waals surface area (Å²) in [7, 11) is 0. The molecule has 0 bridgehead atoms. The molecular formula is C17H44. The van der Waals surface area contributed by atoms with E-state index >= 15 is 0 Å². The maximum atomic E-state index is 2.31. The molecular weight excluding hydrogens is 204 g/mol. The van der Waals surface area contributed by atoms with Crippen LogP contribution in [0.3, 0.4) is 0 Å². The number of hydrogen-bond donors (Lipinski definition) is 0. The highest BCUT2D eigenvalue weighted by molar-refractivity contribution is 4.45. The molecule has 1 unspecified atom stereocenters. The molecule has 0 heterocycles. The molecule has 0 aliphatic carbocycles. The van der Waals surface area contributed by atoms with Crippen LogP contribution in [0.5, 0.6) is 0 Å². The molecule has 0 N–H and O–H groups in total. The van der Waals surface area contributed by atoms with Gasteiger partial charge in [0.1, 0.15) is 0 Å². The zero-order chi connectivity index (χ0) is 15.1. The van der Waals surface area contributed by atoms with E-state index in [-0.39, 0.29) is 0 Å². The highest BCUT2D eigenvalue weighted by Gasteiger charge is 1.92. The van der Waals surface area contributed by atoms with Gasteiger partial charge in [0.15, 0.2) is 0 Å². The summed E-state index contributed by atoms with van der Waals surface area (Å²) >= 11 is 0. The molecule has 0 amide bonds. The normalized spacial score (nSPS) is 8.65. The molecule has 0 aromatic rings. The Morgan fingerprint density at radius 3 is 0.941 bits per heavy atom. The number of rotatable bonds is 4. The van der Waals surface area contributed by atoms with Crippen LogP contribution in [0.2, 0.25) is 0 Å². The molecule has 0 fully saturated rings. The first-order chi connectivity index (χ1) is 8.22. The predicted octanol–water partition coefficient (Wildman–Crippen LogP) is 7.72. The van der Waals surface area contributed by atoms with E-state index in [0.717, 1.165) is 5.92 Å². The van der Waals surface area contributed by atoms with Crippen LogP contribution >= 0.6 is 0 Å². The van der Waals surface area contributed by atoms with E-state index in [1.807, 2.05) is 41.5 Å². The molecule has 0 aliphatic rings. The maximum Gasteiger partial charge on any atom is -0.0446 e. The Balaban J connectivity index is -0.0000000412. The highest BCUT2D eigenvalue weighted by Crippen LogP contribution is 2.07. The average Bonchev–Trinajstić information content (AvgIpc) is 2.46. The van der Waals surface area contributed by atoms with E-state index in [9.17, 15) is 0 Å². The minimum atomic E-state index is 0.949. The van der Waals surface area contributed by atoms with E-state index < -0.39 is 0 Å². The largest absolute Gasteiger partial charge is 0.0683 e. The standard InChI is InChI=1S/C7H16.C4H10.3C2H6/c1-4-6-7(3)5-2;1-3-4-2;3*1-2/h7H,4-6H2,1-3H3;3-4H2,1-2H3;3*1-2H3. The zero-order valence-corrected chi connectivity index (χ0v) is 15.1. The van der Waals surface area contributed by atoms with Crippen LogP contribution in [0, 0.1) is 5.92 Å². The molecule has 0 saturated carbocycles. The third-order valence-corrected chi connectivity index (χ3v) is 1.98. The summed E-state index contributed by atoms with van der Waals surface area (Å²) in [6.07, 6.45) is 6.72. The summed E-state index contributed by atoms with van der Waals surface area (Å²) in [6, 6.07) is 0. The molecule has 0 radical (unpaired) electrons. The van der Waals surface area contributed by atoms with Gasteiger partial charge in [0.2, 0.25) is 0 Å². The van der Waals surface area contributed by atoms with Crippen LogP contribution in [0.1, 0.15) is 108 Å². The molecule has 0 nitrogen and oxygen atoms in total. The molecule has 0 aromatic heterocycles. The summed E-state index contributed by atoms with van der Waals surface area (Å²) in [6.45, 7) is 23.2. The summed E-state index contributed by atoms with van der Waals surface area (Å²) in [5, 5.41) is 0. The van der Waals surface area contributed by atoms with Gasteiger partial charge in [-0.3, -0.25) is 0 Å². The molecule has 112 valence electrons. The van der Waals surface area contributed by atoms with Crippen molar-refractivity contribution in [2.45, 2.75) is 108 Å². The first-order valence-corrected chi connectivity index (χ1v) is 8.22. The molecule has 0 aromatic carbocycles. The molecule has 0 spiro atoms. The third kappa shape index (κ3) is 87.1. The van der Waals surface area contributed by atoms with Crippen molar-refractivity contribution in [3.05, 3.63) is 0 Å². The topological polar surface area (TPSA) is 0 Å². The fourth-order valence-corrected chi connectivity index (χ4v) is 0.697. The summed E-state index contributed by atoms with van der Waals surface area (Å²) in [5.41, 5.74) is 0. The fraction of sp³-hybridized carbons (Fsp3) is 1.00. The fourth-order valence-electron chi connectivity index (χ4n) is 0.697. The van der Waals surface area contributed by atoms with Crippen LogP contribution in [-0.4, -0.2) is 0 Å². The van der Waals surface area contributed by atoms with Gasteiger partial charge in [-0.1, -0.05) is 108 Å². The van der Waals surface area contributed by atoms with Gasteiger partial charge in [0, 0.05) is 0 Å². The quantitative estimate of drug-likeness (QED) is 0.478. The molecule has 0 aliphatic heterocycles. The lowest BCUT2D eigenvalue weighted by atomic mass is 10.0. The van der Waals surface area contributed by atoms with Gasteiger partial charge >= 0.3 is 0 Å². The SMILES string of the molecule is CC.CC.CC.CCCC.CCCC(C)CC. The molecule has 17 heavy (non-hydrogen) atoms. The first-order valence-electron chi connectivity index (χ1n) is 8.22. The minimum absolute atomic E-state index is 0.949. The Morgan fingerprint density at radius 2 is 0.882 bits per heavy atom. The van der Waals surface area contributed by atoms with E-state index in [0.29, 0.717) is 0 Å². The Hall–Kier alpha value is 0. The van der Waals surface area contributed by atoms with Crippen molar-refractivity contribution >= 4 is 0 Å². The second-order valence-electron chi connectivity index (χ2n) is 3.30. The third-order valence-electron chi connectivity index (χ3n) is 1.98. The van der Waals surface area contributed by atoms with Gasteiger partial charge < -0.3 is 0 Å². The van der Waals surface area contributed by atoms with Gasteiger partial charge in [0.25, 0.3) is 0 Å². The van der Waals surface area contributed by atoms with E-state index in [1.165, 1.54) is 32.1 Å². The van der Waals surface area contributed by atoms with Gasteiger partial charge in [0.05, 0.1) is 0 Å². The van der Waals surface area contributed by atoms with Crippen LogP contribution in [-0.2, 0) is 0 Å². The van der Waals surface area contributed by atoms with Crippen molar-refractivity contribution in [3.8, 4) is 0 Å². The van der Waals surface area contributed by atoms with Crippen LogP contribution < -0.4 is 0 Å². The summed E-state index contributed by atoms with van der Waals surface area (Å²) in [4.78, 5) is 0. The van der Waals surface area contributed by atoms with Crippen molar-refractivity contribution in [1.82, 2.24) is 0 Å². The number of unbranched alkanes of at least 4 members (excludes halogenated alkanes) is 1. The average molecular weight is 249 g/mol. The molecule has 0 saturated heterocycles. The van der Waals surface area contributed by atoms with Crippen LogP contribution in [0.15, 0.2) is 0 Å². The zero-order valence-electron chi connectivity index (χ0n) is 15.1. The lowest BCUT2D eigenvalue weighted by molar-refractivity contribution is 0.509. The van der Waals surface area contributed by atoms with Crippen molar-refractivity contribution in [2.24, 2.45) is 5.92 Å². The minimum Gasteiger partial charge on any atom is -0.0683 e. The van der Waals surface area contributed by atoms with Crippen molar-refractivity contribution < 1.29 is 0 Å². The highest BCUT2D eigenvalue weighted by atomic mass is 14.0. The molecule has 0 rings (SSSR count). The van der Waals surface area contributed by atoms with Crippen LogP contribution in [0.4, 0.5) is 0 Å². The molecule has 1 atom stereocenters. The van der Waals surface area contributed by atoms with E-state index in [4.69, 9.17) is 0 Å². The second kappa shape index (κ2) is 56.2. The van der Waals surface area contributed by atoms with Gasteiger partial charge in [-0.15, -0.1) is 0 Å².